The molecular weight excluding hydrogens is 1090 g/mol. The fourth-order valence-corrected chi connectivity index (χ4v) is 10.4. The molecule has 452 valence electrons. The maximum absolute atomic E-state index is 15.0. The van der Waals surface area contributed by atoms with Crippen LogP contribution in [0.2, 0.25) is 0 Å². The molecule has 85 heavy (non-hydrogen) atoms. The zero-order valence-corrected chi connectivity index (χ0v) is 47.9. The van der Waals surface area contributed by atoms with E-state index in [1.165, 1.54) is 41.3 Å². The molecule has 1 fully saturated rings. The van der Waals surface area contributed by atoms with Crippen LogP contribution >= 0.6 is 0 Å². The lowest BCUT2D eigenvalue weighted by Crippen LogP contribution is -2.61. The monoisotopic (exact) mass is 1170 g/mol. The quantitative estimate of drug-likeness (QED) is 0.0180. The van der Waals surface area contributed by atoms with Crippen molar-refractivity contribution in [2.75, 3.05) is 26.2 Å². The van der Waals surface area contributed by atoms with Crippen LogP contribution in [0.1, 0.15) is 75.1 Å². The number of phenols is 2. The molecule has 24 heteroatoms. The lowest BCUT2D eigenvalue weighted by molar-refractivity contribution is -0.142. The second kappa shape index (κ2) is 30.2. The molecule has 1 saturated heterocycles. The van der Waals surface area contributed by atoms with Crippen molar-refractivity contribution in [1.29, 1.82) is 0 Å². The number of carbonyl (C=O) groups is 8. The van der Waals surface area contributed by atoms with Crippen molar-refractivity contribution in [3.63, 3.8) is 0 Å². The number of hydrogen-bond acceptors (Lipinski definition) is 12. The lowest BCUT2D eigenvalue weighted by atomic mass is 9.99. The van der Waals surface area contributed by atoms with Crippen molar-refractivity contribution >= 4 is 75.0 Å². The minimum Gasteiger partial charge on any atom is -0.508 e. The minimum atomic E-state index is -1.69. The average molecular weight is 1170 g/mol. The van der Waals surface area contributed by atoms with Gasteiger partial charge in [0.25, 0.3) is 0 Å². The predicted octanol–water partition coefficient (Wildman–Crippen LogP) is 1.46. The van der Waals surface area contributed by atoms with E-state index in [2.05, 4.69) is 52.2 Å². The number of aliphatic hydroxyl groups excluding tert-OH is 1. The summed E-state index contributed by atoms with van der Waals surface area (Å²) in [4.78, 5) is 126. The van der Waals surface area contributed by atoms with Crippen LogP contribution in [-0.4, -0.2) is 152 Å². The molecule has 8 amide bonds. The molecule has 1 aliphatic heterocycles. The Morgan fingerprint density at radius 2 is 1.11 bits per heavy atom. The van der Waals surface area contributed by atoms with E-state index < -0.39 is 90.3 Å². The van der Waals surface area contributed by atoms with Crippen molar-refractivity contribution in [2.45, 2.75) is 121 Å². The van der Waals surface area contributed by atoms with Crippen LogP contribution < -0.4 is 48.7 Å². The number of H-pyrrole nitrogens is 2. The normalized spacial score (nSPS) is 15.2. The second-order valence-corrected chi connectivity index (χ2v) is 21.6. The van der Waals surface area contributed by atoms with E-state index in [1.807, 2.05) is 62.4 Å². The zero-order valence-electron chi connectivity index (χ0n) is 47.9. The highest BCUT2D eigenvalue weighted by Crippen LogP contribution is 2.24. The summed E-state index contributed by atoms with van der Waals surface area (Å²) in [6.45, 7) is 5.28. The van der Waals surface area contributed by atoms with Crippen LogP contribution in [0.25, 0.3) is 21.8 Å². The first-order valence-electron chi connectivity index (χ1n) is 28.5. The second-order valence-electron chi connectivity index (χ2n) is 21.6. The number of benzene rings is 4. The third kappa shape index (κ3) is 17.8. The first-order chi connectivity index (χ1) is 40.8. The van der Waals surface area contributed by atoms with Gasteiger partial charge in [-0.1, -0.05) is 74.5 Å². The summed E-state index contributed by atoms with van der Waals surface area (Å²) in [6, 6.07) is 17.3. The molecule has 0 unspecified atom stereocenters. The largest absolute Gasteiger partial charge is 0.508 e. The molecular formula is C61H77N13O11. The molecule has 0 spiro atoms. The number of fused-ring (bicyclic) bond motifs is 2. The van der Waals surface area contributed by atoms with Gasteiger partial charge in [0.15, 0.2) is 5.96 Å². The maximum Gasteiger partial charge on any atom is 0.245 e. The van der Waals surface area contributed by atoms with Crippen molar-refractivity contribution < 1.29 is 53.7 Å². The van der Waals surface area contributed by atoms with E-state index in [4.69, 9.17) is 11.5 Å². The standard InChI is InChI=1S/C61H77N13O11/c1-4-64-59(84)52-16-10-26-74(52)60(85)46(15-9-25-65-61(62)63)69-54(79)47(27-35(2)3)70-57(82)50(31-39-33-67-45-14-8-6-12-43(39)45)72-55(80)48(28-36-17-21-40(76)22-18-36)71-58(83)51(34-75)73-56(81)49(30-38-32-66-44-13-7-5-11-42(38)44)68-53(78)29-37-19-23-41(77)24-20-37/h5-8,11-14,17-24,32-33,35,46-52,66-67,75-77H,4,9-10,15-16,25-31,34H2,1-3H3,(H,64,84)(H,68,78)(H,69,79)(H,70,82)(H,71,83)(H,72,80)(H,73,81)(H4,62,63,65)/t46-,47-,48-,49-,50+,51-,52+/m0/s1. The van der Waals surface area contributed by atoms with E-state index >= 15 is 0 Å². The molecule has 7 rings (SSSR count). The molecule has 2 aromatic heterocycles. The van der Waals surface area contributed by atoms with Crippen LogP contribution in [0.3, 0.4) is 0 Å². The minimum absolute atomic E-state index is 0.00259. The summed E-state index contributed by atoms with van der Waals surface area (Å²) >= 11 is 0. The SMILES string of the molecule is CCNC(=O)[C@H]1CCCN1C(=O)[C@H](CCCN=C(N)N)NC(=O)[C@H](CC(C)C)NC(=O)[C@@H](Cc1c[nH]c2ccccc12)NC(=O)[C@H](Cc1ccc(O)cc1)NC(=O)[C@H](CO)NC(=O)[C@H](Cc1c[nH]c2ccccc12)NC(=O)Cc1ccc(O)cc1. The van der Waals surface area contributed by atoms with Gasteiger partial charge in [0.1, 0.15) is 53.8 Å². The summed E-state index contributed by atoms with van der Waals surface area (Å²) < 4.78 is 0. The molecule has 24 nitrogen and oxygen atoms in total. The number of aliphatic imine (C=N–C) groups is 1. The van der Waals surface area contributed by atoms with Crippen LogP contribution in [-0.2, 0) is 64.0 Å². The van der Waals surface area contributed by atoms with Gasteiger partial charge in [-0.2, -0.15) is 0 Å². The van der Waals surface area contributed by atoms with Crippen molar-refractivity contribution in [3.05, 3.63) is 132 Å². The first kappa shape index (κ1) is 63.1. The Balaban J connectivity index is 1.14. The highest BCUT2D eigenvalue weighted by atomic mass is 16.3. The van der Waals surface area contributed by atoms with E-state index in [-0.39, 0.29) is 87.3 Å². The number of phenolic OH excluding ortho intramolecular Hbond substituents is 2. The number of aromatic amines is 2. The number of nitrogens with two attached hydrogens (primary N) is 2. The summed E-state index contributed by atoms with van der Waals surface area (Å²) in [6.07, 6.45) is 4.26. The first-order valence-corrected chi connectivity index (χ1v) is 28.5. The Hall–Kier alpha value is -9.45. The molecule has 6 aromatic rings. The van der Waals surface area contributed by atoms with Crippen LogP contribution in [0.4, 0.5) is 0 Å². The zero-order chi connectivity index (χ0) is 61.2. The Labute approximate surface area is 491 Å². The average Bonchev–Trinajstić information content (AvgIpc) is 4.20. The van der Waals surface area contributed by atoms with Crippen LogP contribution in [0.15, 0.2) is 114 Å². The highest BCUT2D eigenvalue weighted by Gasteiger charge is 2.39. The molecule has 3 heterocycles. The number of carbonyl (C=O) groups excluding carboxylic acids is 8. The van der Waals surface area contributed by atoms with E-state index in [0.717, 1.165) is 21.8 Å². The molecule has 0 radical (unpaired) electrons. The third-order valence-corrected chi connectivity index (χ3v) is 14.7. The molecule has 0 bridgehead atoms. The molecule has 7 atom stereocenters. The molecule has 4 aromatic carbocycles. The number of aromatic nitrogens is 2. The molecule has 0 saturated carbocycles. The van der Waals surface area contributed by atoms with Crippen molar-refractivity contribution in [3.8, 4) is 11.5 Å². The van der Waals surface area contributed by atoms with Gasteiger partial charge >= 0.3 is 0 Å². The summed E-state index contributed by atoms with van der Waals surface area (Å²) in [7, 11) is 0. The van der Waals surface area contributed by atoms with Crippen molar-refractivity contribution in [2.24, 2.45) is 22.4 Å². The van der Waals surface area contributed by atoms with Gasteiger partial charge < -0.3 is 78.9 Å². The number of nitrogens with zero attached hydrogens (tertiary/aromatic N) is 2. The number of hydrogen-bond donors (Lipinski definition) is 14. The predicted molar refractivity (Wildman–Crippen MR) is 319 cm³/mol. The molecule has 0 aliphatic carbocycles. The molecule has 1 aliphatic rings. The van der Waals surface area contributed by atoms with Crippen LogP contribution in [0.5, 0.6) is 11.5 Å². The Kier molecular flexibility index (Phi) is 22.4. The van der Waals surface area contributed by atoms with Gasteiger partial charge in [0.05, 0.1) is 13.0 Å². The number of rotatable bonds is 29. The number of amides is 8. The van der Waals surface area contributed by atoms with Gasteiger partial charge in [-0.25, -0.2) is 0 Å². The van der Waals surface area contributed by atoms with Gasteiger partial charge in [0.2, 0.25) is 47.3 Å². The number of likely N-dealkylation sites (N-methyl/N-ethyl adjacent to an activating group) is 1. The smallest absolute Gasteiger partial charge is 0.245 e. The number of aromatic hydroxyl groups is 2. The van der Waals surface area contributed by atoms with Crippen molar-refractivity contribution in [1.82, 2.24) is 52.1 Å². The Morgan fingerprint density at radius 1 is 0.624 bits per heavy atom. The summed E-state index contributed by atoms with van der Waals surface area (Å²) in [5, 5.41) is 51.5. The fraction of sp³-hybridized carbons (Fsp3) is 0.393. The fourth-order valence-electron chi connectivity index (χ4n) is 10.4. The van der Waals surface area contributed by atoms with Gasteiger partial charge in [-0.3, -0.25) is 43.3 Å². The van der Waals surface area contributed by atoms with Crippen LogP contribution in [0, 0.1) is 5.92 Å². The number of nitrogens with one attached hydrogen (secondary N) is 9. The van der Waals surface area contributed by atoms with Gasteiger partial charge in [0, 0.05) is 73.1 Å². The van der Waals surface area contributed by atoms with E-state index in [9.17, 15) is 53.7 Å². The topological polar surface area (TPSA) is 381 Å². The Morgan fingerprint density at radius 3 is 1.65 bits per heavy atom. The number of aliphatic hydroxyl groups is 1. The van der Waals surface area contributed by atoms with E-state index in [0.29, 0.717) is 41.6 Å². The number of para-hydroxylation sites is 2. The number of guanidine groups is 1. The Bertz CT molecular complexity index is 3320. The lowest BCUT2D eigenvalue weighted by Gasteiger charge is -2.30. The van der Waals surface area contributed by atoms with Gasteiger partial charge in [-0.05, 0) is 104 Å². The van der Waals surface area contributed by atoms with Gasteiger partial charge in [-0.15, -0.1) is 0 Å². The van der Waals surface area contributed by atoms with E-state index in [1.54, 1.807) is 31.5 Å². The summed E-state index contributed by atoms with van der Waals surface area (Å²) in [5.74, 6) is -6.00. The molecule has 16 N–H and O–H groups in total. The third-order valence-electron chi connectivity index (χ3n) is 14.7. The highest BCUT2D eigenvalue weighted by molar-refractivity contribution is 5.99. The summed E-state index contributed by atoms with van der Waals surface area (Å²) in [5.41, 5.74) is 14.9. The number of likely N-dealkylation sites (tertiary alicyclic amines) is 1. The maximum atomic E-state index is 15.0.